The van der Waals surface area contributed by atoms with E-state index in [1.54, 1.807) is 7.05 Å². The number of anilines is 1. The number of amides is 1. The highest BCUT2D eigenvalue weighted by Crippen LogP contribution is 2.42. The lowest BCUT2D eigenvalue weighted by Gasteiger charge is -2.22. The number of benzene rings is 3. The Morgan fingerprint density at radius 1 is 0.969 bits per heavy atom. The van der Waals surface area contributed by atoms with Gasteiger partial charge in [0.15, 0.2) is 0 Å². The molecular formula is C27H29N3O2. The Labute approximate surface area is 188 Å². The molecule has 0 bridgehead atoms. The third-order valence-corrected chi connectivity index (χ3v) is 5.83. The minimum Gasteiger partial charge on any atom is -0.456 e. The molecule has 2 aromatic carbocycles. The number of nitrogens with zero attached hydrogens (tertiary/aromatic N) is 2. The van der Waals surface area contributed by atoms with Crippen molar-refractivity contribution in [2.75, 3.05) is 31.6 Å². The van der Waals surface area contributed by atoms with Gasteiger partial charge < -0.3 is 14.6 Å². The van der Waals surface area contributed by atoms with Crippen LogP contribution < -0.4 is 15.6 Å². The van der Waals surface area contributed by atoms with E-state index < -0.39 is 0 Å². The maximum absolute atomic E-state index is 12.7. The highest BCUT2D eigenvalue weighted by atomic mass is 16.3. The molecule has 0 saturated heterocycles. The molecule has 2 aromatic rings. The summed E-state index contributed by atoms with van der Waals surface area (Å²) in [6, 6.07) is 20.1. The fourth-order valence-corrected chi connectivity index (χ4v) is 4.26. The zero-order valence-electron chi connectivity index (χ0n) is 19.1. The molecule has 1 aliphatic heterocycles. The van der Waals surface area contributed by atoms with E-state index in [0.717, 1.165) is 57.6 Å². The molecule has 0 fully saturated rings. The summed E-state index contributed by atoms with van der Waals surface area (Å²) in [6.07, 6.45) is 0. The molecule has 1 N–H and O–H groups in total. The van der Waals surface area contributed by atoms with Gasteiger partial charge in [-0.15, -0.1) is 0 Å². The SMILES string of the molecule is CC/N=c1\ccc2c(-c3ccccc3C(=O)NC)c3ccc(N(CC)CC)cc3oc-2c1. The summed E-state index contributed by atoms with van der Waals surface area (Å²) >= 11 is 0. The lowest BCUT2D eigenvalue weighted by Crippen LogP contribution is -2.21. The van der Waals surface area contributed by atoms with E-state index in [1.807, 2.05) is 49.4 Å². The van der Waals surface area contributed by atoms with Crippen LogP contribution in [0.5, 0.6) is 0 Å². The summed E-state index contributed by atoms with van der Waals surface area (Å²) < 4.78 is 6.41. The Morgan fingerprint density at radius 2 is 1.75 bits per heavy atom. The number of carbonyl (C=O) groups excluding carboxylic acids is 1. The third-order valence-electron chi connectivity index (χ3n) is 5.83. The fraction of sp³-hybridized carbons (Fsp3) is 0.259. The molecule has 2 aliphatic rings. The first-order chi connectivity index (χ1) is 15.6. The Balaban J connectivity index is 2.10. The van der Waals surface area contributed by atoms with Crippen LogP contribution in [0.2, 0.25) is 0 Å². The molecule has 164 valence electrons. The number of fused-ring (bicyclic) bond motifs is 2. The molecule has 0 radical (unpaired) electrons. The summed E-state index contributed by atoms with van der Waals surface area (Å²) in [4.78, 5) is 19.5. The van der Waals surface area contributed by atoms with Crippen LogP contribution in [-0.4, -0.2) is 32.6 Å². The number of nitrogens with one attached hydrogen (secondary N) is 1. The second-order valence-electron chi connectivity index (χ2n) is 7.61. The molecule has 5 nitrogen and oxygen atoms in total. The van der Waals surface area contributed by atoms with Gasteiger partial charge in [-0.2, -0.15) is 0 Å². The van der Waals surface area contributed by atoms with Crippen LogP contribution in [-0.2, 0) is 0 Å². The Bertz CT molecular complexity index is 1300. The molecule has 4 rings (SSSR count). The normalized spacial score (nSPS) is 11.8. The molecule has 0 saturated carbocycles. The van der Waals surface area contributed by atoms with E-state index in [4.69, 9.17) is 4.42 Å². The van der Waals surface area contributed by atoms with Crippen LogP contribution in [0.25, 0.3) is 33.4 Å². The van der Waals surface area contributed by atoms with Crippen molar-refractivity contribution < 1.29 is 9.21 Å². The van der Waals surface area contributed by atoms with Crippen LogP contribution in [0.15, 0.2) is 70.1 Å². The Kier molecular flexibility index (Phi) is 6.26. The van der Waals surface area contributed by atoms with Crippen LogP contribution in [0.4, 0.5) is 5.69 Å². The largest absolute Gasteiger partial charge is 0.456 e. The van der Waals surface area contributed by atoms with Crippen LogP contribution in [0.1, 0.15) is 31.1 Å². The van der Waals surface area contributed by atoms with Gasteiger partial charge in [0.05, 0.1) is 5.36 Å². The van der Waals surface area contributed by atoms with Gasteiger partial charge in [0.1, 0.15) is 11.3 Å². The standard InChI is InChI=1S/C27H29N3O2/c1-5-29-18-12-14-22-24(16-18)32-25-17-19(30(6-2)7-3)13-15-23(25)26(22)20-10-8-9-11-21(20)27(31)28-4/h8-17H,5-7H2,1-4H3,(H,28,31)/b29-18+. The second-order valence-corrected chi connectivity index (χ2v) is 7.61. The van der Waals surface area contributed by atoms with E-state index in [9.17, 15) is 4.79 Å². The Morgan fingerprint density at radius 3 is 2.47 bits per heavy atom. The first kappa shape index (κ1) is 21.6. The maximum atomic E-state index is 12.7. The quantitative estimate of drug-likeness (QED) is 0.423. The first-order valence-corrected chi connectivity index (χ1v) is 11.2. The van der Waals surface area contributed by atoms with Crippen molar-refractivity contribution in [3.05, 3.63) is 71.6 Å². The summed E-state index contributed by atoms with van der Waals surface area (Å²) in [5.74, 6) is 0.644. The van der Waals surface area contributed by atoms with Gasteiger partial charge in [-0.25, -0.2) is 0 Å². The van der Waals surface area contributed by atoms with Gasteiger partial charge >= 0.3 is 0 Å². The molecule has 0 spiro atoms. The van der Waals surface area contributed by atoms with Crippen molar-refractivity contribution in [3.8, 4) is 22.5 Å². The minimum absolute atomic E-state index is 0.111. The van der Waals surface area contributed by atoms with Crippen molar-refractivity contribution >= 4 is 22.6 Å². The smallest absolute Gasteiger partial charge is 0.251 e. The monoisotopic (exact) mass is 427 g/mol. The molecular weight excluding hydrogens is 398 g/mol. The second kappa shape index (κ2) is 9.27. The van der Waals surface area contributed by atoms with Gasteiger partial charge in [-0.1, -0.05) is 18.2 Å². The zero-order valence-corrected chi connectivity index (χ0v) is 19.1. The lowest BCUT2D eigenvalue weighted by atomic mass is 9.90. The number of carbonyl (C=O) groups is 1. The first-order valence-electron chi connectivity index (χ1n) is 11.2. The number of hydrogen-bond acceptors (Lipinski definition) is 4. The lowest BCUT2D eigenvalue weighted by molar-refractivity contribution is 0.0963. The van der Waals surface area contributed by atoms with Gasteiger partial charge in [0.25, 0.3) is 5.91 Å². The number of rotatable bonds is 6. The summed E-state index contributed by atoms with van der Waals surface area (Å²) in [5, 5.41) is 4.63. The summed E-state index contributed by atoms with van der Waals surface area (Å²) in [5.41, 5.74) is 5.38. The van der Waals surface area contributed by atoms with Crippen molar-refractivity contribution in [2.45, 2.75) is 20.8 Å². The van der Waals surface area contributed by atoms with E-state index in [0.29, 0.717) is 12.1 Å². The summed E-state index contributed by atoms with van der Waals surface area (Å²) in [7, 11) is 1.66. The molecule has 0 aromatic heterocycles. The summed E-state index contributed by atoms with van der Waals surface area (Å²) in [6.45, 7) is 8.85. The highest BCUT2D eigenvalue weighted by Gasteiger charge is 2.21. The van der Waals surface area contributed by atoms with E-state index in [2.05, 4.69) is 47.3 Å². The molecule has 0 unspecified atom stereocenters. The van der Waals surface area contributed by atoms with Crippen molar-refractivity contribution in [1.82, 2.24) is 5.32 Å². The molecule has 32 heavy (non-hydrogen) atoms. The molecule has 0 atom stereocenters. The van der Waals surface area contributed by atoms with Crippen LogP contribution in [0.3, 0.4) is 0 Å². The fourth-order valence-electron chi connectivity index (χ4n) is 4.26. The molecule has 5 heteroatoms. The van der Waals surface area contributed by atoms with Gasteiger partial charge in [-0.3, -0.25) is 9.79 Å². The van der Waals surface area contributed by atoms with Gasteiger partial charge in [0.2, 0.25) is 0 Å². The van der Waals surface area contributed by atoms with Crippen LogP contribution in [0, 0.1) is 0 Å². The van der Waals surface area contributed by atoms with Gasteiger partial charge in [0, 0.05) is 66.6 Å². The predicted molar refractivity (Wildman–Crippen MR) is 131 cm³/mol. The zero-order chi connectivity index (χ0) is 22.7. The van der Waals surface area contributed by atoms with Gasteiger partial charge in [-0.05, 0) is 56.7 Å². The average Bonchev–Trinajstić information content (AvgIpc) is 2.83. The number of hydrogen-bond donors (Lipinski definition) is 1. The van der Waals surface area contributed by atoms with Crippen molar-refractivity contribution in [2.24, 2.45) is 4.99 Å². The van der Waals surface area contributed by atoms with Crippen LogP contribution >= 0.6 is 0 Å². The molecule has 1 heterocycles. The van der Waals surface area contributed by atoms with Crippen molar-refractivity contribution in [1.29, 1.82) is 0 Å². The topological polar surface area (TPSA) is 57.8 Å². The highest BCUT2D eigenvalue weighted by molar-refractivity contribution is 6.09. The minimum atomic E-state index is -0.111. The van der Waals surface area contributed by atoms with E-state index >= 15 is 0 Å². The van der Waals surface area contributed by atoms with Crippen molar-refractivity contribution in [3.63, 3.8) is 0 Å². The van der Waals surface area contributed by atoms with E-state index in [1.165, 1.54) is 0 Å². The molecule has 1 aliphatic carbocycles. The Hall–Kier alpha value is -3.60. The molecule has 1 amide bonds. The van der Waals surface area contributed by atoms with E-state index in [-0.39, 0.29) is 5.91 Å². The average molecular weight is 428 g/mol. The maximum Gasteiger partial charge on any atom is 0.251 e. The third kappa shape index (κ3) is 3.86. The predicted octanol–water partition coefficient (Wildman–Crippen LogP) is 5.33.